The third kappa shape index (κ3) is 1.34. The molecule has 1 heterocycles. The van der Waals surface area contributed by atoms with E-state index in [9.17, 15) is 4.39 Å². The summed E-state index contributed by atoms with van der Waals surface area (Å²) in [5, 5.41) is 4.05. The number of alkyl halides is 1. The quantitative estimate of drug-likeness (QED) is 0.697. The van der Waals surface area contributed by atoms with E-state index in [-0.39, 0.29) is 0 Å². The molecule has 0 atom stereocenters. The molecule has 0 radical (unpaired) electrons. The van der Waals surface area contributed by atoms with Gasteiger partial charge < -0.3 is 5.73 Å². The van der Waals surface area contributed by atoms with Crippen molar-refractivity contribution in [3.05, 3.63) is 11.4 Å². The molecule has 1 aromatic heterocycles. The first-order valence-electron chi connectivity index (χ1n) is 3.52. The summed E-state index contributed by atoms with van der Waals surface area (Å²) in [7, 11) is 0. The Balaban J connectivity index is 2.98. The van der Waals surface area contributed by atoms with Crippen molar-refractivity contribution in [1.29, 1.82) is 0 Å². The molecular formula is C7H12FN3. The number of nitrogens with two attached hydrogens (primary N) is 1. The SMILES string of the molecule is Cc1nn(CCF)c(C)c1N. The molecule has 0 aliphatic carbocycles. The summed E-state index contributed by atoms with van der Waals surface area (Å²) < 4.78 is 13.5. The van der Waals surface area contributed by atoms with Crippen LogP contribution in [0.15, 0.2) is 0 Å². The fraction of sp³-hybridized carbons (Fsp3) is 0.571. The van der Waals surface area contributed by atoms with Crippen LogP contribution in [0.2, 0.25) is 0 Å². The van der Waals surface area contributed by atoms with Gasteiger partial charge in [0.2, 0.25) is 0 Å². The summed E-state index contributed by atoms with van der Waals surface area (Å²) in [5.41, 5.74) is 7.91. The Bertz CT molecular complexity index is 254. The van der Waals surface area contributed by atoms with E-state index in [2.05, 4.69) is 5.10 Å². The first-order chi connectivity index (χ1) is 5.16. The van der Waals surface area contributed by atoms with E-state index >= 15 is 0 Å². The van der Waals surface area contributed by atoms with Crippen LogP contribution in [0.3, 0.4) is 0 Å². The summed E-state index contributed by atoms with van der Waals surface area (Å²) in [6, 6.07) is 0. The molecule has 0 unspecified atom stereocenters. The van der Waals surface area contributed by atoms with Crippen LogP contribution < -0.4 is 5.73 Å². The Hall–Kier alpha value is -1.06. The second kappa shape index (κ2) is 2.90. The van der Waals surface area contributed by atoms with E-state index in [1.54, 1.807) is 4.68 Å². The van der Waals surface area contributed by atoms with E-state index < -0.39 is 6.67 Å². The van der Waals surface area contributed by atoms with Gasteiger partial charge in [-0.1, -0.05) is 0 Å². The molecule has 0 bridgehead atoms. The molecular weight excluding hydrogens is 145 g/mol. The standard InChI is InChI=1S/C7H12FN3/c1-5-7(9)6(2)11(10-5)4-3-8/h3-4,9H2,1-2H3. The number of hydrogen-bond donors (Lipinski definition) is 1. The highest BCUT2D eigenvalue weighted by Crippen LogP contribution is 2.13. The maximum Gasteiger partial charge on any atom is 0.109 e. The molecule has 0 saturated carbocycles. The van der Waals surface area contributed by atoms with E-state index in [1.165, 1.54) is 0 Å². The van der Waals surface area contributed by atoms with E-state index in [4.69, 9.17) is 5.73 Å². The van der Waals surface area contributed by atoms with Gasteiger partial charge in [-0.2, -0.15) is 5.10 Å². The number of anilines is 1. The maximum absolute atomic E-state index is 11.9. The summed E-state index contributed by atoms with van der Waals surface area (Å²) in [6.45, 7) is 3.55. The van der Waals surface area contributed by atoms with Gasteiger partial charge in [0.15, 0.2) is 0 Å². The lowest BCUT2D eigenvalue weighted by molar-refractivity contribution is 0.422. The number of nitrogens with zero attached hydrogens (tertiary/aromatic N) is 2. The topological polar surface area (TPSA) is 43.8 Å². The Morgan fingerprint density at radius 2 is 2.18 bits per heavy atom. The predicted molar refractivity (Wildman–Crippen MR) is 42.1 cm³/mol. The van der Waals surface area contributed by atoms with Crippen LogP contribution in [0.1, 0.15) is 11.4 Å². The minimum absolute atomic E-state index is 0.296. The smallest absolute Gasteiger partial charge is 0.109 e. The van der Waals surface area contributed by atoms with Crippen LogP contribution in [0.25, 0.3) is 0 Å². The maximum atomic E-state index is 11.9. The molecule has 11 heavy (non-hydrogen) atoms. The van der Waals surface area contributed by atoms with E-state index in [1.807, 2.05) is 13.8 Å². The molecule has 1 rings (SSSR count). The highest BCUT2D eigenvalue weighted by atomic mass is 19.1. The average Bonchev–Trinajstić information content (AvgIpc) is 2.19. The van der Waals surface area contributed by atoms with Crippen LogP contribution >= 0.6 is 0 Å². The zero-order valence-corrected chi connectivity index (χ0v) is 6.76. The highest BCUT2D eigenvalue weighted by molar-refractivity contribution is 5.46. The first-order valence-corrected chi connectivity index (χ1v) is 3.52. The Morgan fingerprint density at radius 3 is 2.55 bits per heavy atom. The Labute approximate surface area is 65.0 Å². The van der Waals surface area contributed by atoms with Crippen molar-refractivity contribution in [3.8, 4) is 0 Å². The minimum atomic E-state index is -0.401. The fourth-order valence-corrected chi connectivity index (χ4v) is 1.01. The number of rotatable bonds is 2. The van der Waals surface area contributed by atoms with Gasteiger partial charge in [0, 0.05) is 0 Å². The lowest BCUT2D eigenvalue weighted by Crippen LogP contribution is -2.04. The van der Waals surface area contributed by atoms with Crippen molar-refractivity contribution < 1.29 is 4.39 Å². The predicted octanol–water partition coefficient (Wildman–Crippen LogP) is 1.05. The van der Waals surface area contributed by atoms with Crippen LogP contribution in [0.5, 0.6) is 0 Å². The van der Waals surface area contributed by atoms with Gasteiger partial charge in [-0.05, 0) is 13.8 Å². The first kappa shape index (κ1) is 8.04. The van der Waals surface area contributed by atoms with Gasteiger partial charge in [-0.25, -0.2) is 4.39 Å². The Kier molecular flexibility index (Phi) is 2.12. The molecule has 0 fully saturated rings. The zero-order valence-electron chi connectivity index (χ0n) is 6.76. The van der Waals surface area contributed by atoms with Crippen LogP contribution in [-0.4, -0.2) is 16.5 Å². The van der Waals surface area contributed by atoms with Crippen LogP contribution in [-0.2, 0) is 6.54 Å². The molecule has 0 aliphatic rings. The van der Waals surface area contributed by atoms with Gasteiger partial charge in [0.1, 0.15) is 6.67 Å². The van der Waals surface area contributed by atoms with E-state index in [0.717, 1.165) is 11.4 Å². The number of aromatic nitrogens is 2. The van der Waals surface area contributed by atoms with Gasteiger partial charge in [-0.15, -0.1) is 0 Å². The molecule has 3 nitrogen and oxygen atoms in total. The van der Waals surface area contributed by atoms with Crippen molar-refractivity contribution in [2.24, 2.45) is 0 Å². The lowest BCUT2D eigenvalue weighted by Gasteiger charge is -1.98. The molecule has 0 spiro atoms. The van der Waals surface area contributed by atoms with Crippen molar-refractivity contribution in [3.63, 3.8) is 0 Å². The molecule has 0 saturated heterocycles. The molecule has 62 valence electrons. The fourth-order valence-electron chi connectivity index (χ4n) is 1.01. The van der Waals surface area contributed by atoms with Crippen molar-refractivity contribution in [2.75, 3.05) is 12.4 Å². The molecule has 0 aliphatic heterocycles. The average molecular weight is 157 g/mol. The normalized spacial score (nSPS) is 10.5. The molecule has 4 heteroatoms. The van der Waals surface area contributed by atoms with Crippen LogP contribution in [0.4, 0.5) is 10.1 Å². The number of aryl methyl sites for hydroxylation is 2. The number of halogens is 1. The lowest BCUT2D eigenvalue weighted by atomic mass is 10.3. The van der Waals surface area contributed by atoms with Crippen molar-refractivity contribution in [1.82, 2.24) is 9.78 Å². The minimum Gasteiger partial charge on any atom is -0.396 e. The molecule has 1 aromatic rings. The second-order valence-electron chi connectivity index (χ2n) is 2.50. The zero-order chi connectivity index (χ0) is 8.43. The largest absolute Gasteiger partial charge is 0.396 e. The molecule has 0 aromatic carbocycles. The van der Waals surface area contributed by atoms with Crippen LogP contribution in [0, 0.1) is 13.8 Å². The molecule has 0 amide bonds. The van der Waals surface area contributed by atoms with Crippen molar-refractivity contribution >= 4 is 5.69 Å². The summed E-state index contributed by atoms with van der Waals surface area (Å²) in [6.07, 6.45) is 0. The summed E-state index contributed by atoms with van der Waals surface area (Å²) >= 11 is 0. The van der Waals surface area contributed by atoms with Gasteiger partial charge in [-0.3, -0.25) is 4.68 Å². The third-order valence-corrected chi connectivity index (χ3v) is 1.73. The summed E-state index contributed by atoms with van der Waals surface area (Å²) in [4.78, 5) is 0. The third-order valence-electron chi connectivity index (χ3n) is 1.73. The monoisotopic (exact) mass is 157 g/mol. The summed E-state index contributed by atoms with van der Waals surface area (Å²) in [5.74, 6) is 0. The Morgan fingerprint density at radius 1 is 1.55 bits per heavy atom. The number of nitrogen functional groups attached to an aromatic ring is 1. The highest BCUT2D eigenvalue weighted by Gasteiger charge is 2.06. The number of hydrogen-bond acceptors (Lipinski definition) is 2. The second-order valence-corrected chi connectivity index (χ2v) is 2.50. The van der Waals surface area contributed by atoms with Gasteiger partial charge in [0.25, 0.3) is 0 Å². The van der Waals surface area contributed by atoms with Gasteiger partial charge in [0.05, 0.1) is 23.6 Å². The van der Waals surface area contributed by atoms with Gasteiger partial charge >= 0.3 is 0 Å². The van der Waals surface area contributed by atoms with E-state index in [0.29, 0.717) is 12.2 Å². The van der Waals surface area contributed by atoms with Crippen molar-refractivity contribution in [2.45, 2.75) is 20.4 Å². The molecule has 2 N–H and O–H groups in total.